The highest BCUT2D eigenvalue weighted by atomic mass is 16.6. The number of ether oxygens (including phenoxy) is 3. The summed E-state index contributed by atoms with van der Waals surface area (Å²) in [5.74, 6) is -0.914. The zero-order valence-corrected chi connectivity index (χ0v) is 50.9. The van der Waals surface area contributed by atoms with Crippen molar-refractivity contribution in [3.8, 4) is 0 Å². The molecule has 0 aromatic heterocycles. The summed E-state index contributed by atoms with van der Waals surface area (Å²) in [5, 5.41) is 0. The van der Waals surface area contributed by atoms with Crippen LogP contribution in [0.15, 0.2) is 122 Å². The molecule has 0 aliphatic carbocycles. The first-order valence-corrected chi connectivity index (χ1v) is 32.5. The molecule has 0 aromatic carbocycles. The first-order chi connectivity index (χ1) is 38.5. The monoisotopic (exact) mass is 1080 g/mol. The van der Waals surface area contributed by atoms with Crippen LogP contribution in [-0.4, -0.2) is 37.2 Å². The molecule has 0 bridgehead atoms. The van der Waals surface area contributed by atoms with E-state index in [1.54, 1.807) is 0 Å². The van der Waals surface area contributed by atoms with Gasteiger partial charge in [0.1, 0.15) is 13.2 Å². The van der Waals surface area contributed by atoms with Gasteiger partial charge in [-0.25, -0.2) is 0 Å². The third-order valence-corrected chi connectivity index (χ3v) is 13.7. The minimum atomic E-state index is -0.794. The lowest BCUT2D eigenvalue weighted by Gasteiger charge is -2.18. The SMILES string of the molecule is CC/C=C\C/C=C\C/C=C\C/C=C\C/C=C\CCCCCCCC(=O)OC(COC(=O)CCCCCCC/C=C\CCC)COC(=O)CCCCCCCCCCCCCCCCCC/C=C\C/C=C\C/C=C\C/C=C\CC. The second-order valence-corrected chi connectivity index (χ2v) is 21.3. The van der Waals surface area contributed by atoms with E-state index >= 15 is 0 Å². The van der Waals surface area contributed by atoms with Crippen LogP contribution in [0.2, 0.25) is 0 Å². The molecule has 0 aliphatic rings. The number of hydrogen-bond acceptors (Lipinski definition) is 6. The number of rotatable bonds is 58. The second-order valence-electron chi connectivity index (χ2n) is 21.3. The van der Waals surface area contributed by atoms with Crippen molar-refractivity contribution in [3.63, 3.8) is 0 Å². The van der Waals surface area contributed by atoms with Crippen LogP contribution < -0.4 is 0 Å². The van der Waals surface area contributed by atoms with Gasteiger partial charge in [-0.2, -0.15) is 0 Å². The highest BCUT2D eigenvalue weighted by Gasteiger charge is 2.19. The predicted octanol–water partition coefficient (Wildman–Crippen LogP) is 22.4. The van der Waals surface area contributed by atoms with Gasteiger partial charge in [0.15, 0.2) is 6.10 Å². The Kier molecular flexibility index (Phi) is 61.8. The number of hydrogen-bond donors (Lipinski definition) is 0. The molecule has 0 saturated carbocycles. The van der Waals surface area contributed by atoms with Gasteiger partial charge in [-0.1, -0.05) is 277 Å². The second kappa shape index (κ2) is 65.3. The van der Waals surface area contributed by atoms with E-state index in [4.69, 9.17) is 14.2 Å². The molecule has 78 heavy (non-hydrogen) atoms. The number of unbranched alkanes of at least 4 members (excludes halogenated alkanes) is 27. The van der Waals surface area contributed by atoms with Crippen molar-refractivity contribution in [1.29, 1.82) is 0 Å². The topological polar surface area (TPSA) is 78.9 Å². The molecule has 1 unspecified atom stereocenters. The Balaban J connectivity index is 4.23. The highest BCUT2D eigenvalue weighted by Crippen LogP contribution is 2.16. The van der Waals surface area contributed by atoms with Crippen molar-refractivity contribution in [2.45, 2.75) is 303 Å². The van der Waals surface area contributed by atoms with Crippen LogP contribution in [0.4, 0.5) is 0 Å². The zero-order chi connectivity index (χ0) is 56.4. The van der Waals surface area contributed by atoms with Crippen LogP contribution in [0.25, 0.3) is 0 Å². The molecule has 0 radical (unpaired) electrons. The molecule has 0 spiro atoms. The normalized spacial score (nSPS) is 12.9. The van der Waals surface area contributed by atoms with Crippen molar-refractivity contribution < 1.29 is 28.6 Å². The summed E-state index contributed by atoms with van der Waals surface area (Å²) in [4.78, 5) is 38.2. The Labute approximate surface area is 482 Å². The molecule has 444 valence electrons. The minimum absolute atomic E-state index is 0.0892. The van der Waals surface area contributed by atoms with Crippen molar-refractivity contribution >= 4 is 17.9 Å². The van der Waals surface area contributed by atoms with E-state index in [-0.39, 0.29) is 31.1 Å². The number of allylic oxidation sites excluding steroid dienone is 20. The Morgan fingerprint density at radius 2 is 0.500 bits per heavy atom. The average molecular weight is 1080 g/mol. The largest absolute Gasteiger partial charge is 0.462 e. The van der Waals surface area contributed by atoms with E-state index in [1.807, 2.05) is 0 Å². The predicted molar refractivity (Wildman–Crippen MR) is 339 cm³/mol. The summed E-state index contributed by atoms with van der Waals surface area (Å²) < 4.78 is 16.9. The van der Waals surface area contributed by atoms with Crippen LogP contribution in [0.3, 0.4) is 0 Å². The molecule has 0 aliphatic heterocycles. The minimum Gasteiger partial charge on any atom is -0.462 e. The molecular formula is C72H120O6. The molecule has 0 amide bonds. The lowest BCUT2D eigenvalue weighted by Crippen LogP contribution is -2.30. The molecule has 0 heterocycles. The third kappa shape index (κ3) is 62.7. The summed E-state index contributed by atoms with van der Waals surface area (Å²) in [6, 6.07) is 0. The lowest BCUT2D eigenvalue weighted by atomic mass is 10.0. The van der Waals surface area contributed by atoms with Crippen molar-refractivity contribution in [1.82, 2.24) is 0 Å². The molecule has 0 aromatic rings. The Morgan fingerprint density at radius 1 is 0.269 bits per heavy atom. The molecular weight excluding hydrogens is 961 g/mol. The number of esters is 3. The van der Waals surface area contributed by atoms with E-state index in [2.05, 4.69) is 142 Å². The van der Waals surface area contributed by atoms with E-state index in [0.29, 0.717) is 19.3 Å². The number of carbonyl (C=O) groups excluding carboxylic acids is 3. The standard InChI is InChI=1S/C72H120O6/c1-4-7-10-13-16-19-22-24-26-28-30-32-33-34-35-36-37-38-39-41-42-44-46-48-50-53-56-59-62-65-71(74)77-68-69(67-76-70(73)64-61-58-55-52-21-18-15-12-9-6-3)78-72(75)66-63-60-57-54-51-49-47-45-43-40-31-29-27-25-23-20-17-14-11-8-5-2/h7-8,10-12,15-17,19-20,24-27,30-32,40,45,47,69H,4-6,9,13-14,18,21-23,28-29,33-39,41-44,46,48-68H2,1-3H3/b10-7-,11-8-,15-12-,19-16-,20-17-,26-24-,27-25-,32-30-,40-31-,47-45-. The molecule has 0 fully saturated rings. The molecule has 0 rings (SSSR count). The summed E-state index contributed by atoms with van der Waals surface area (Å²) in [6.45, 7) is 6.34. The van der Waals surface area contributed by atoms with Crippen molar-refractivity contribution in [3.05, 3.63) is 122 Å². The van der Waals surface area contributed by atoms with E-state index < -0.39 is 6.10 Å². The van der Waals surface area contributed by atoms with Crippen LogP contribution in [0, 0.1) is 0 Å². The van der Waals surface area contributed by atoms with Gasteiger partial charge >= 0.3 is 17.9 Å². The van der Waals surface area contributed by atoms with Gasteiger partial charge in [-0.15, -0.1) is 0 Å². The zero-order valence-electron chi connectivity index (χ0n) is 50.9. The first kappa shape index (κ1) is 73.8. The highest BCUT2D eigenvalue weighted by molar-refractivity contribution is 5.71. The van der Waals surface area contributed by atoms with Crippen molar-refractivity contribution in [2.75, 3.05) is 13.2 Å². The van der Waals surface area contributed by atoms with E-state index in [9.17, 15) is 14.4 Å². The Hall–Kier alpha value is -4.19. The van der Waals surface area contributed by atoms with Gasteiger partial charge in [0.2, 0.25) is 0 Å². The Morgan fingerprint density at radius 3 is 0.795 bits per heavy atom. The molecule has 6 heteroatoms. The maximum atomic E-state index is 12.9. The molecule has 1 atom stereocenters. The summed E-state index contributed by atoms with van der Waals surface area (Å²) >= 11 is 0. The lowest BCUT2D eigenvalue weighted by molar-refractivity contribution is -0.167. The van der Waals surface area contributed by atoms with Crippen molar-refractivity contribution in [2.24, 2.45) is 0 Å². The summed E-state index contributed by atoms with van der Waals surface area (Å²) in [6.07, 6.45) is 90.8. The van der Waals surface area contributed by atoms with Gasteiger partial charge in [0, 0.05) is 19.3 Å². The fourth-order valence-electron chi connectivity index (χ4n) is 8.88. The van der Waals surface area contributed by atoms with Gasteiger partial charge in [0.25, 0.3) is 0 Å². The van der Waals surface area contributed by atoms with Gasteiger partial charge in [-0.3, -0.25) is 14.4 Å². The smallest absolute Gasteiger partial charge is 0.306 e. The van der Waals surface area contributed by atoms with Crippen LogP contribution in [0.1, 0.15) is 297 Å². The third-order valence-electron chi connectivity index (χ3n) is 13.7. The molecule has 6 nitrogen and oxygen atoms in total. The maximum absolute atomic E-state index is 12.9. The van der Waals surface area contributed by atoms with Gasteiger partial charge in [-0.05, 0) is 122 Å². The fraction of sp³-hybridized carbons (Fsp3) is 0.681. The first-order valence-electron chi connectivity index (χ1n) is 32.5. The van der Waals surface area contributed by atoms with E-state index in [1.165, 1.54) is 103 Å². The van der Waals surface area contributed by atoms with E-state index in [0.717, 1.165) is 154 Å². The quantitative estimate of drug-likeness (QED) is 0.0261. The molecule has 0 N–H and O–H groups in total. The summed E-state index contributed by atoms with van der Waals surface area (Å²) in [5.41, 5.74) is 0. The average Bonchev–Trinajstić information content (AvgIpc) is 3.44. The maximum Gasteiger partial charge on any atom is 0.306 e. The van der Waals surface area contributed by atoms with Gasteiger partial charge in [0.05, 0.1) is 0 Å². The van der Waals surface area contributed by atoms with Crippen LogP contribution in [-0.2, 0) is 28.6 Å². The number of carbonyl (C=O) groups is 3. The van der Waals surface area contributed by atoms with Crippen LogP contribution in [0.5, 0.6) is 0 Å². The summed E-state index contributed by atoms with van der Waals surface area (Å²) in [7, 11) is 0. The fourth-order valence-corrected chi connectivity index (χ4v) is 8.88. The van der Waals surface area contributed by atoms with Crippen LogP contribution >= 0.6 is 0 Å². The van der Waals surface area contributed by atoms with Gasteiger partial charge < -0.3 is 14.2 Å². The molecule has 0 saturated heterocycles. The Bertz CT molecular complexity index is 1620.